The number of rotatable bonds is 5. The summed E-state index contributed by atoms with van der Waals surface area (Å²) in [5.41, 5.74) is 6.85. The van der Waals surface area contributed by atoms with Crippen molar-refractivity contribution in [3.63, 3.8) is 0 Å². The van der Waals surface area contributed by atoms with Gasteiger partial charge in [0.2, 0.25) is 5.89 Å². The highest BCUT2D eigenvalue weighted by atomic mass is 35.5. The van der Waals surface area contributed by atoms with Gasteiger partial charge in [0.1, 0.15) is 5.75 Å². The van der Waals surface area contributed by atoms with E-state index >= 15 is 4.39 Å². The highest BCUT2D eigenvalue weighted by Gasteiger charge is 2.19. The summed E-state index contributed by atoms with van der Waals surface area (Å²) in [4.78, 5) is 3.98. The van der Waals surface area contributed by atoms with Crippen LogP contribution in [-0.2, 0) is 6.42 Å². The molecule has 0 saturated carbocycles. The molecule has 10 heteroatoms. The Kier molecular flexibility index (Phi) is 5.76. The fourth-order valence-electron chi connectivity index (χ4n) is 2.70. The summed E-state index contributed by atoms with van der Waals surface area (Å²) in [5, 5.41) is 8.75. The Labute approximate surface area is 185 Å². The van der Waals surface area contributed by atoms with Crippen molar-refractivity contribution in [1.29, 1.82) is 0 Å². The van der Waals surface area contributed by atoms with Crippen LogP contribution in [0.2, 0.25) is 15.1 Å². The second-order valence-electron chi connectivity index (χ2n) is 6.21. The maximum absolute atomic E-state index is 15.1. The molecule has 0 atom stereocenters. The molecule has 0 aliphatic carbocycles. The van der Waals surface area contributed by atoms with Gasteiger partial charge in [-0.15, -0.1) is 10.2 Å². The van der Waals surface area contributed by atoms with E-state index in [0.717, 1.165) is 0 Å². The maximum atomic E-state index is 15.1. The Bertz CT molecular complexity index is 1210. The van der Waals surface area contributed by atoms with E-state index in [9.17, 15) is 0 Å². The van der Waals surface area contributed by atoms with Crippen molar-refractivity contribution >= 4 is 40.5 Å². The van der Waals surface area contributed by atoms with Gasteiger partial charge in [0.05, 0.1) is 22.0 Å². The summed E-state index contributed by atoms with van der Waals surface area (Å²) in [6, 6.07) is 9.19. The second kappa shape index (κ2) is 8.47. The predicted octanol–water partition coefficient (Wildman–Crippen LogP) is 6.20. The Morgan fingerprint density at radius 2 is 1.87 bits per heavy atom. The molecule has 6 nitrogen and oxygen atoms in total. The van der Waals surface area contributed by atoms with Crippen LogP contribution in [0.1, 0.15) is 11.5 Å². The Morgan fingerprint density at radius 1 is 1.03 bits per heavy atom. The van der Waals surface area contributed by atoms with Crippen molar-refractivity contribution in [3.8, 4) is 23.0 Å². The summed E-state index contributed by atoms with van der Waals surface area (Å²) in [6.07, 6.45) is 3.06. The zero-order chi connectivity index (χ0) is 21.3. The van der Waals surface area contributed by atoms with Crippen LogP contribution in [0.3, 0.4) is 0 Å². The van der Waals surface area contributed by atoms with Crippen LogP contribution in [-0.4, -0.2) is 15.2 Å². The lowest BCUT2D eigenvalue weighted by atomic mass is 10.1. The molecule has 0 amide bonds. The minimum absolute atomic E-state index is 0.0158. The summed E-state index contributed by atoms with van der Waals surface area (Å²) >= 11 is 18.2. The van der Waals surface area contributed by atoms with E-state index in [1.54, 1.807) is 18.3 Å². The third-order valence-corrected chi connectivity index (χ3v) is 4.89. The lowest BCUT2D eigenvalue weighted by Gasteiger charge is -2.12. The molecule has 0 bridgehead atoms. The summed E-state index contributed by atoms with van der Waals surface area (Å²) in [7, 11) is 0. The van der Waals surface area contributed by atoms with Gasteiger partial charge in [-0.2, -0.15) is 0 Å². The fraction of sp³-hybridized carbons (Fsp3) is 0.0500. The van der Waals surface area contributed by atoms with E-state index in [4.69, 9.17) is 49.7 Å². The van der Waals surface area contributed by atoms with Crippen molar-refractivity contribution in [2.75, 3.05) is 5.73 Å². The van der Waals surface area contributed by atoms with Gasteiger partial charge in [-0.3, -0.25) is 4.98 Å². The number of hydrogen-bond acceptors (Lipinski definition) is 6. The average molecular weight is 466 g/mol. The molecule has 2 aromatic heterocycles. The normalized spacial score (nSPS) is 10.9. The predicted molar refractivity (Wildman–Crippen MR) is 113 cm³/mol. The third-order valence-electron chi connectivity index (χ3n) is 4.05. The van der Waals surface area contributed by atoms with Crippen molar-refractivity contribution in [1.82, 2.24) is 15.2 Å². The van der Waals surface area contributed by atoms with Crippen LogP contribution in [0.25, 0.3) is 11.5 Å². The first kappa shape index (κ1) is 20.4. The number of nitrogen functional groups attached to an aromatic ring is 1. The van der Waals surface area contributed by atoms with Crippen LogP contribution in [0, 0.1) is 5.82 Å². The topological polar surface area (TPSA) is 87.1 Å². The quantitative estimate of drug-likeness (QED) is 0.353. The van der Waals surface area contributed by atoms with Gasteiger partial charge in [-0.05, 0) is 24.3 Å². The van der Waals surface area contributed by atoms with Crippen molar-refractivity contribution in [2.24, 2.45) is 0 Å². The molecule has 0 fully saturated rings. The minimum atomic E-state index is -0.666. The minimum Gasteiger partial charge on any atom is -0.453 e. The first-order valence-corrected chi connectivity index (χ1v) is 9.67. The van der Waals surface area contributed by atoms with Gasteiger partial charge < -0.3 is 14.9 Å². The van der Waals surface area contributed by atoms with E-state index in [1.807, 2.05) is 0 Å². The molecule has 2 aromatic carbocycles. The molecule has 0 radical (unpaired) electrons. The molecule has 0 spiro atoms. The number of aromatic nitrogens is 3. The van der Waals surface area contributed by atoms with Gasteiger partial charge in [-0.25, -0.2) is 4.39 Å². The van der Waals surface area contributed by atoms with Crippen LogP contribution < -0.4 is 10.5 Å². The summed E-state index contributed by atoms with van der Waals surface area (Å²) in [5.74, 6) is -0.206. The van der Waals surface area contributed by atoms with Gasteiger partial charge in [0.15, 0.2) is 11.6 Å². The molecular weight excluding hydrogens is 454 g/mol. The largest absolute Gasteiger partial charge is 0.453 e. The van der Waals surface area contributed by atoms with Gasteiger partial charge in [0, 0.05) is 34.7 Å². The number of pyridine rings is 1. The van der Waals surface area contributed by atoms with E-state index in [0.29, 0.717) is 21.3 Å². The molecule has 4 rings (SSSR count). The fourth-order valence-corrected chi connectivity index (χ4v) is 3.30. The molecule has 152 valence electrons. The molecular formula is C20H12Cl3FN4O2. The van der Waals surface area contributed by atoms with Crippen molar-refractivity contribution in [2.45, 2.75) is 6.42 Å². The summed E-state index contributed by atoms with van der Waals surface area (Å²) in [6.45, 7) is 0. The van der Waals surface area contributed by atoms with Gasteiger partial charge >= 0.3 is 0 Å². The van der Waals surface area contributed by atoms with Gasteiger partial charge in [-0.1, -0.05) is 40.9 Å². The molecule has 2 heterocycles. The third kappa shape index (κ3) is 4.33. The highest BCUT2D eigenvalue weighted by Crippen LogP contribution is 2.36. The molecule has 2 N–H and O–H groups in total. The standard InChI is InChI=1S/C20H12Cl3FN4O2/c21-11-6-12(25)8-13(7-11)29-19-16(23)2-1-10(18(19)24)5-17-27-28-20(30-17)14-9-26-4-3-15(14)22/h1-4,6-9H,5,25H2. The number of benzene rings is 2. The molecule has 0 saturated heterocycles. The smallest absolute Gasteiger partial charge is 0.250 e. The van der Waals surface area contributed by atoms with Crippen molar-refractivity contribution < 1.29 is 13.5 Å². The highest BCUT2D eigenvalue weighted by molar-refractivity contribution is 6.33. The van der Waals surface area contributed by atoms with E-state index in [2.05, 4.69) is 15.2 Å². The Hall–Kier alpha value is -2.87. The molecule has 4 aromatic rings. The average Bonchev–Trinajstić information content (AvgIpc) is 3.15. The summed E-state index contributed by atoms with van der Waals surface area (Å²) < 4.78 is 26.3. The van der Waals surface area contributed by atoms with E-state index in [-0.39, 0.29) is 40.3 Å². The Balaban J connectivity index is 1.62. The van der Waals surface area contributed by atoms with Crippen molar-refractivity contribution in [3.05, 3.63) is 81.1 Å². The Morgan fingerprint density at radius 3 is 2.63 bits per heavy atom. The molecule has 0 aliphatic heterocycles. The second-order valence-corrected chi connectivity index (χ2v) is 7.46. The van der Waals surface area contributed by atoms with Crippen LogP contribution >= 0.6 is 34.8 Å². The number of nitrogens with zero attached hydrogens (tertiary/aromatic N) is 3. The molecule has 30 heavy (non-hydrogen) atoms. The number of nitrogens with two attached hydrogens (primary N) is 1. The number of ether oxygens (including phenoxy) is 1. The number of anilines is 1. The monoisotopic (exact) mass is 464 g/mol. The van der Waals surface area contributed by atoms with Crippen LogP contribution in [0.4, 0.5) is 10.1 Å². The zero-order valence-corrected chi connectivity index (χ0v) is 17.3. The van der Waals surface area contributed by atoms with E-state index < -0.39 is 5.82 Å². The SMILES string of the molecule is Nc1cc(Cl)cc(Oc2c(Cl)ccc(Cc3nnc(-c4cnccc4Cl)o3)c2F)c1. The van der Waals surface area contributed by atoms with E-state index in [1.165, 1.54) is 30.5 Å². The lowest BCUT2D eigenvalue weighted by molar-refractivity contribution is 0.437. The van der Waals surface area contributed by atoms with Gasteiger partial charge in [0.25, 0.3) is 5.89 Å². The molecule has 0 aliphatic rings. The number of hydrogen-bond donors (Lipinski definition) is 1. The first-order chi connectivity index (χ1) is 14.4. The first-order valence-electron chi connectivity index (χ1n) is 8.54. The van der Waals surface area contributed by atoms with Crippen LogP contribution in [0.15, 0.2) is 53.2 Å². The zero-order valence-electron chi connectivity index (χ0n) is 15.1. The number of halogens is 4. The lowest BCUT2D eigenvalue weighted by Crippen LogP contribution is -1.98. The molecule has 0 unspecified atom stereocenters. The maximum Gasteiger partial charge on any atom is 0.250 e. The van der Waals surface area contributed by atoms with Crippen LogP contribution in [0.5, 0.6) is 11.5 Å².